The molecule has 1 heterocycles. The third-order valence-electron chi connectivity index (χ3n) is 2.48. The number of pyridine rings is 1. The van der Waals surface area contributed by atoms with Crippen LogP contribution in [0.4, 0.5) is 0 Å². The molecule has 19 heavy (non-hydrogen) atoms. The summed E-state index contributed by atoms with van der Waals surface area (Å²) in [5, 5.41) is 11.6. The number of hydrogen-bond acceptors (Lipinski definition) is 4. The van der Waals surface area contributed by atoms with Gasteiger partial charge < -0.3 is 10.4 Å². The molecule has 0 aliphatic heterocycles. The lowest BCUT2D eigenvalue weighted by Gasteiger charge is -2.13. The number of carboxylic acid groups (broad SMARTS) is 1. The smallest absolute Gasteiger partial charge is 0.354 e. The number of nitrogens with one attached hydrogen (secondary N) is 1. The summed E-state index contributed by atoms with van der Waals surface area (Å²) in [4.78, 5) is 26.5. The Kier molecular flexibility index (Phi) is 6.35. The first-order chi connectivity index (χ1) is 9.04. The number of nitrogens with zero attached hydrogens (tertiary/aromatic N) is 1. The Morgan fingerprint density at radius 1 is 1.42 bits per heavy atom. The molecule has 6 heteroatoms. The van der Waals surface area contributed by atoms with Crippen LogP contribution in [0.5, 0.6) is 0 Å². The molecule has 1 rings (SSSR count). The van der Waals surface area contributed by atoms with Crippen LogP contribution in [-0.4, -0.2) is 39.5 Å². The lowest BCUT2D eigenvalue weighted by molar-refractivity contribution is 0.0690. The SMILES string of the molecule is CCSCCC(C)NC(=O)c1cccc(C(=O)O)n1. The molecule has 1 unspecified atom stereocenters. The first kappa shape index (κ1) is 15.5. The van der Waals surface area contributed by atoms with Gasteiger partial charge in [0.1, 0.15) is 11.4 Å². The summed E-state index contributed by atoms with van der Waals surface area (Å²) in [7, 11) is 0. The maximum Gasteiger partial charge on any atom is 0.354 e. The van der Waals surface area contributed by atoms with E-state index in [2.05, 4.69) is 17.2 Å². The highest BCUT2D eigenvalue weighted by Crippen LogP contribution is 2.05. The molecular formula is C13H18N2O3S. The van der Waals surface area contributed by atoms with E-state index in [1.54, 1.807) is 0 Å². The maximum absolute atomic E-state index is 11.9. The highest BCUT2D eigenvalue weighted by molar-refractivity contribution is 7.99. The predicted octanol–water partition coefficient (Wildman–Crippen LogP) is 2.04. The van der Waals surface area contributed by atoms with Gasteiger partial charge in [-0.25, -0.2) is 9.78 Å². The van der Waals surface area contributed by atoms with Crippen molar-refractivity contribution in [3.05, 3.63) is 29.6 Å². The van der Waals surface area contributed by atoms with E-state index in [0.29, 0.717) is 0 Å². The maximum atomic E-state index is 11.9. The fraction of sp³-hybridized carbons (Fsp3) is 0.462. The molecule has 0 aliphatic rings. The van der Waals surface area contributed by atoms with Crippen molar-refractivity contribution in [3.63, 3.8) is 0 Å². The van der Waals surface area contributed by atoms with Crippen molar-refractivity contribution in [1.29, 1.82) is 0 Å². The van der Waals surface area contributed by atoms with Gasteiger partial charge in [0.15, 0.2) is 0 Å². The molecule has 2 N–H and O–H groups in total. The Labute approximate surface area is 116 Å². The van der Waals surface area contributed by atoms with Crippen molar-refractivity contribution in [3.8, 4) is 0 Å². The number of carbonyl (C=O) groups is 2. The zero-order valence-electron chi connectivity index (χ0n) is 11.0. The molecule has 1 atom stereocenters. The molecule has 1 aromatic heterocycles. The Morgan fingerprint density at radius 3 is 2.74 bits per heavy atom. The highest BCUT2D eigenvalue weighted by atomic mass is 32.2. The van der Waals surface area contributed by atoms with Crippen molar-refractivity contribution in [1.82, 2.24) is 10.3 Å². The zero-order valence-corrected chi connectivity index (χ0v) is 11.9. The normalized spacial score (nSPS) is 11.9. The molecule has 0 aromatic carbocycles. The van der Waals surface area contributed by atoms with E-state index in [1.165, 1.54) is 18.2 Å². The van der Waals surface area contributed by atoms with Crippen molar-refractivity contribution < 1.29 is 14.7 Å². The fourth-order valence-electron chi connectivity index (χ4n) is 1.45. The lowest BCUT2D eigenvalue weighted by Crippen LogP contribution is -2.33. The quantitative estimate of drug-likeness (QED) is 0.748. The Hall–Kier alpha value is -1.56. The Balaban J connectivity index is 2.57. The van der Waals surface area contributed by atoms with Crippen LogP contribution in [0.2, 0.25) is 0 Å². The number of carboxylic acids is 1. The molecule has 1 amide bonds. The number of rotatable bonds is 7. The topological polar surface area (TPSA) is 79.3 Å². The van der Waals surface area contributed by atoms with Crippen molar-refractivity contribution in [2.75, 3.05) is 11.5 Å². The van der Waals surface area contributed by atoms with Crippen LogP contribution in [0.15, 0.2) is 18.2 Å². The molecule has 0 spiro atoms. The van der Waals surface area contributed by atoms with E-state index in [-0.39, 0.29) is 23.3 Å². The second-order valence-corrected chi connectivity index (χ2v) is 5.47. The number of aromatic carboxylic acids is 1. The van der Waals surface area contributed by atoms with E-state index in [0.717, 1.165) is 17.9 Å². The molecule has 104 valence electrons. The average molecular weight is 282 g/mol. The summed E-state index contributed by atoms with van der Waals surface area (Å²) in [6, 6.07) is 4.43. The lowest BCUT2D eigenvalue weighted by atomic mass is 10.2. The molecule has 1 aromatic rings. The van der Waals surface area contributed by atoms with Crippen molar-refractivity contribution >= 4 is 23.6 Å². The van der Waals surface area contributed by atoms with E-state index >= 15 is 0 Å². The largest absolute Gasteiger partial charge is 0.477 e. The number of aromatic nitrogens is 1. The minimum atomic E-state index is -1.14. The average Bonchev–Trinajstić information content (AvgIpc) is 2.39. The second kappa shape index (κ2) is 7.78. The van der Waals surface area contributed by atoms with Crippen molar-refractivity contribution in [2.45, 2.75) is 26.3 Å². The summed E-state index contributed by atoms with van der Waals surface area (Å²) in [5.74, 6) is 0.572. The van der Waals surface area contributed by atoms with Crippen molar-refractivity contribution in [2.24, 2.45) is 0 Å². The summed E-state index contributed by atoms with van der Waals surface area (Å²) in [6.07, 6.45) is 0.878. The van der Waals surface area contributed by atoms with E-state index in [1.807, 2.05) is 18.7 Å². The number of thioether (sulfide) groups is 1. The molecule has 0 bridgehead atoms. The van der Waals surface area contributed by atoms with Gasteiger partial charge in [-0.1, -0.05) is 13.0 Å². The number of hydrogen-bond donors (Lipinski definition) is 2. The molecular weight excluding hydrogens is 264 g/mol. The molecule has 5 nitrogen and oxygen atoms in total. The number of amides is 1. The number of carbonyl (C=O) groups excluding carboxylic acids is 1. The minimum Gasteiger partial charge on any atom is -0.477 e. The van der Waals surface area contributed by atoms with Gasteiger partial charge in [0.2, 0.25) is 0 Å². The van der Waals surface area contributed by atoms with Crippen LogP contribution in [0, 0.1) is 0 Å². The van der Waals surface area contributed by atoms with Crippen LogP contribution in [0.25, 0.3) is 0 Å². The van der Waals surface area contributed by atoms with Crippen LogP contribution in [0.3, 0.4) is 0 Å². The second-order valence-electron chi connectivity index (χ2n) is 4.07. The Bertz CT molecular complexity index is 451. The third-order valence-corrected chi connectivity index (χ3v) is 3.41. The monoisotopic (exact) mass is 282 g/mol. The standard InChI is InChI=1S/C13H18N2O3S/c1-3-19-8-7-9(2)14-12(16)10-5-4-6-11(15-10)13(17)18/h4-6,9H,3,7-8H2,1-2H3,(H,14,16)(H,17,18). The fourth-order valence-corrected chi connectivity index (χ4v) is 2.26. The third kappa shape index (κ3) is 5.30. The predicted molar refractivity (Wildman–Crippen MR) is 75.7 cm³/mol. The van der Waals surface area contributed by atoms with Gasteiger partial charge in [0, 0.05) is 6.04 Å². The molecule has 0 fully saturated rings. The highest BCUT2D eigenvalue weighted by Gasteiger charge is 2.13. The molecule has 0 saturated carbocycles. The summed E-state index contributed by atoms with van der Waals surface area (Å²) in [5.41, 5.74) is 0.0109. The molecule has 0 aliphatic carbocycles. The van der Waals surface area contributed by atoms with Crippen LogP contribution >= 0.6 is 11.8 Å². The van der Waals surface area contributed by atoms with E-state index < -0.39 is 5.97 Å². The van der Waals surface area contributed by atoms with Gasteiger partial charge in [-0.15, -0.1) is 0 Å². The summed E-state index contributed by atoms with van der Waals surface area (Å²) in [6.45, 7) is 4.02. The van der Waals surface area contributed by atoms with E-state index in [9.17, 15) is 9.59 Å². The van der Waals surface area contributed by atoms with Gasteiger partial charge in [-0.2, -0.15) is 11.8 Å². The first-order valence-electron chi connectivity index (χ1n) is 6.13. The first-order valence-corrected chi connectivity index (χ1v) is 7.29. The summed E-state index contributed by atoms with van der Waals surface area (Å²) < 4.78 is 0. The van der Waals surface area contributed by atoms with Crippen LogP contribution in [0.1, 0.15) is 41.2 Å². The van der Waals surface area contributed by atoms with Gasteiger partial charge in [-0.3, -0.25) is 4.79 Å². The minimum absolute atomic E-state index is 0.0434. The summed E-state index contributed by atoms with van der Waals surface area (Å²) >= 11 is 1.82. The molecule has 0 radical (unpaired) electrons. The van der Waals surface area contributed by atoms with Gasteiger partial charge in [0.25, 0.3) is 5.91 Å². The Morgan fingerprint density at radius 2 is 2.11 bits per heavy atom. The van der Waals surface area contributed by atoms with Gasteiger partial charge in [-0.05, 0) is 37.0 Å². The van der Waals surface area contributed by atoms with Crippen LogP contribution in [-0.2, 0) is 0 Å². The van der Waals surface area contributed by atoms with Crippen LogP contribution < -0.4 is 5.32 Å². The van der Waals surface area contributed by atoms with Gasteiger partial charge >= 0.3 is 5.97 Å². The van der Waals surface area contributed by atoms with E-state index in [4.69, 9.17) is 5.11 Å². The van der Waals surface area contributed by atoms with Gasteiger partial charge in [0.05, 0.1) is 0 Å². The molecule has 0 saturated heterocycles. The zero-order chi connectivity index (χ0) is 14.3.